The van der Waals surface area contributed by atoms with Crippen molar-refractivity contribution >= 4 is 23.4 Å². The molecule has 1 aromatic rings. The highest BCUT2D eigenvalue weighted by Crippen LogP contribution is 2.17. The summed E-state index contributed by atoms with van der Waals surface area (Å²) in [5.41, 5.74) is -0.232. The topological polar surface area (TPSA) is 75.2 Å². The molecule has 1 aromatic heterocycles. The molecule has 0 bridgehead atoms. The largest absolute Gasteiger partial charge is 0.350 e. The lowest BCUT2D eigenvalue weighted by Gasteiger charge is -2.23. The van der Waals surface area contributed by atoms with Gasteiger partial charge >= 0.3 is 0 Å². The second-order valence-electron chi connectivity index (χ2n) is 6.54. The van der Waals surface area contributed by atoms with Gasteiger partial charge in [0.05, 0.1) is 17.8 Å². The number of rotatable bonds is 4. The highest BCUT2D eigenvalue weighted by atomic mass is 35.5. The summed E-state index contributed by atoms with van der Waals surface area (Å²) in [6.45, 7) is 9.43. The molecule has 0 unspecified atom stereocenters. The van der Waals surface area contributed by atoms with Crippen molar-refractivity contribution in [3.63, 3.8) is 0 Å². The van der Waals surface area contributed by atoms with E-state index in [1.165, 1.54) is 18.1 Å². The van der Waals surface area contributed by atoms with Gasteiger partial charge in [0.2, 0.25) is 5.91 Å². The molecule has 0 saturated carbocycles. The Bertz CT molecular complexity index is 567. The van der Waals surface area contributed by atoms with Crippen LogP contribution in [0.1, 0.15) is 56.8 Å². The average molecular weight is 327 g/mol. The van der Waals surface area contributed by atoms with Crippen molar-refractivity contribution in [3.05, 3.63) is 22.7 Å². The summed E-state index contributed by atoms with van der Waals surface area (Å²) in [5, 5.41) is 2.98. The van der Waals surface area contributed by atoms with Gasteiger partial charge in [0.25, 0.3) is 5.91 Å². The summed E-state index contributed by atoms with van der Waals surface area (Å²) in [5.74, 6) is -0.0189. The Balaban J connectivity index is 2.87. The number of carbonyl (C=O) groups is 2. The maximum absolute atomic E-state index is 12.4. The molecule has 1 N–H and O–H groups in total. The van der Waals surface area contributed by atoms with Crippen LogP contribution in [0, 0.1) is 0 Å². The number of nitrogens with zero attached hydrogens (tertiary/aromatic N) is 3. The summed E-state index contributed by atoms with van der Waals surface area (Å²) in [6.07, 6.45) is 1.42. The fourth-order valence-corrected chi connectivity index (χ4v) is 1.91. The lowest BCUT2D eigenvalue weighted by molar-refractivity contribution is -0.122. The van der Waals surface area contributed by atoms with Gasteiger partial charge in [-0.05, 0) is 20.8 Å². The molecule has 0 saturated heterocycles. The van der Waals surface area contributed by atoms with E-state index in [1.807, 2.05) is 34.6 Å². The summed E-state index contributed by atoms with van der Waals surface area (Å²) < 4.78 is 0. The van der Waals surface area contributed by atoms with E-state index in [0.717, 1.165) is 0 Å². The van der Waals surface area contributed by atoms with Gasteiger partial charge in [-0.15, -0.1) is 0 Å². The van der Waals surface area contributed by atoms with E-state index in [4.69, 9.17) is 11.6 Å². The molecule has 6 nitrogen and oxygen atoms in total. The molecule has 1 heterocycles. The van der Waals surface area contributed by atoms with Gasteiger partial charge in [-0.25, -0.2) is 9.97 Å². The predicted molar refractivity (Wildman–Crippen MR) is 86.0 cm³/mol. The number of likely N-dealkylation sites (N-methyl/N-ethyl adjacent to an activating group) is 1. The highest BCUT2D eigenvalue weighted by molar-refractivity contribution is 6.33. The minimum atomic E-state index is -0.404. The molecule has 0 atom stereocenters. The van der Waals surface area contributed by atoms with Crippen molar-refractivity contribution in [1.29, 1.82) is 0 Å². The first-order chi connectivity index (χ1) is 10.0. The Kier molecular flexibility index (Phi) is 5.88. The third kappa shape index (κ3) is 5.26. The Labute approximate surface area is 136 Å². The van der Waals surface area contributed by atoms with Crippen molar-refractivity contribution in [2.24, 2.45) is 0 Å². The maximum Gasteiger partial charge on any atom is 0.274 e. The minimum Gasteiger partial charge on any atom is -0.350 e. The molecule has 0 aromatic carbocycles. The summed E-state index contributed by atoms with van der Waals surface area (Å²) in [4.78, 5) is 33.9. The quantitative estimate of drug-likeness (QED) is 0.920. The first-order valence-corrected chi connectivity index (χ1v) is 7.48. The number of amides is 2. The summed E-state index contributed by atoms with van der Waals surface area (Å²) >= 11 is 6.01. The van der Waals surface area contributed by atoms with Crippen LogP contribution in [0.25, 0.3) is 0 Å². The van der Waals surface area contributed by atoms with Crippen LogP contribution < -0.4 is 5.32 Å². The van der Waals surface area contributed by atoms with Crippen molar-refractivity contribution < 1.29 is 9.59 Å². The van der Waals surface area contributed by atoms with Gasteiger partial charge in [0.1, 0.15) is 5.82 Å². The Morgan fingerprint density at radius 3 is 2.45 bits per heavy atom. The van der Waals surface area contributed by atoms with Crippen molar-refractivity contribution in [3.8, 4) is 0 Å². The minimum absolute atomic E-state index is 0.0621. The highest BCUT2D eigenvalue weighted by Gasteiger charge is 2.22. The van der Waals surface area contributed by atoms with Gasteiger partial charge in [-0.1, -0.05) is 25.4 Å². The molecular weight excluding hydrogens is 304 g/mol. The number of nitrogens with one attached hydrogen (secondary N) is 1. The number of aromatic nitrogens is 2. The zero-order valence-electron chi connectivity index (χ0n) is 13.9. The molecule has 7 heteroatoms. The molecule has 0 radical (unpaired) electrons. The third-order valence-corrected chi connectivity index (χ3v) is 3.00. The second-order valence-corrected chi connectivity index (χ2v) is 6.95. The number of halogens is 1. The van der Waals surface area contributed by atoms with Crippen LogP contribution in [0.5, 0.6) is 0 Å². The van der Waals surface area contributed by atoms with Crippen molar-refractivity contribution in [2.75, 3.05) is 13.6 Å². The standard InChI is InChI=1S/C15H23ClN4O2/c1-9(2)13-17-7-10(16)12(18-13)14(22)20(6)8-11(21)19-15(3,4)5/h7,9H,8H2,1-6H3,(H,19,21). The average Bonchev–Trinajstić information content (AvgIpc) is 2.35. The first kappa shape index (κ1) is 18.4. The molecule has 2 amide bonds. The van der Waals surface area contributed by atoms with E-state index in [-0.39, 0.29) is 34.6 Å². The van der Waals surface area contributed by atoms with E-state index in [1.54, 1.807) is 0 Å². The molecule has 122 valence electrons. The number of hydrogen-bond acceptors (Lipinski definition) is 4. The zero-order valence-corrected chi connectivity index (χ0v) is 14.7. The van der Waals surface area contributed by atoms with Gasteiger partial charge in [0, 0.05) is 18.5 Å². The van der Waals surface area contributed by atoms with Crippen LogP contribution in [0.15, 0.2) is 6.20 Å². The third-order valence-electron chi connectivity index (χ3n) is 2.72. The Morgan fingerprint density at radius 2 is 1.95 bits per heavy atom. The van der Waals surface area contributed by atoms with Crippen molar-refractivity contribution in [1.82, 2.24) is 20.2 Å². The molecule has 0 fully saturated rings. The molecule has 0 aliphatic carbocycles. The normalized spacial score (nSPS) is 11.5. The smallest absolute Gasteiger partial charge is 0.274 e. The van der Waals surface area contributed by atoms with E-state index in [0.29, 0.717) is 5.82 Å². The Morgan fingerprint density at radius 1 is 1.36 bits per heavy atom. The van der Waals surface area contributed by atoms with E-state index >= 15 is 0 Å². The van der Waals surface area contributed by atoms with E-state index in [2.05, 4.69) is 15.3 Å². The van der Waals surface area contributed by atoms with Crippen molar-refractivity contribution in [2.45, 2.75) is 46.1 Å². The van der Waals surface area contributed by atoms with E-state index < -0.39 is 5.91 Å². The molecule has 1 rings (SSSR count). The van der Waals surface area contributed by atoms with Gasteiger partial charge in [-0.3, -0.25) is 9.59 Å². The Hall–Kier alpha value is -1.69. The van der Waals surface area contributed by atoms with Gasteiger partial charge in [0.15, 0.2) is 5.69 Å². The van der Waals surface area contributed by atoms with Crippen LogP contribution in [-0.2, 0) is 4.79 Å². The van der Waals surface area contributed by atoms with Crippen LogP contribution in [-0.4, -0.2) is 45.8 Å². The fraction of sp³-hybridized carbons (Fsp3) is 0.600. The monoisotopic (exact) mass is 326 g/mol. The van der Waals surface area contributed by atoms with Crippen LogP contribution in [0.3, 0.4) is 0 Å². The molecule has 0 spiro atoms. The first-order valence-electron chi connectivity index (χ1n) is 7.10. The van der Waals surface area contributed by atoms with Gasteiger partial charge < -0.3 is 10.2 Å². The second kappa shape index (κ2) is 7.05. The van der Waals surface area contributed by atoms with Crippen LogP contribution in [0.2, 0.25) is 5.02 Å². The van der Waals surface area contributed by atoms with Crippen LogP contribution >= 0.6 is 11.6 Å². The van der Waals surface area contributed by atoms with E-state index in [9.17, 15) is 9.59 Å². The molecule has 0 aliphatic rings. The summed E-state index contributed by atoms with van der Waals surface area (Å²) in [6, 6.07) is 0. The lowest BCUT2D eigenvalue weighted by Crippen LogP contribution is -2.46. The predicted octanol–water partition coefficient (Wildman–Crippen LogP) is 2.24. The maximum atomic E-state index is 12.4. The SMILES string of the molecule is CC(C)c1ncc(Cl)c(C(=O)N(C)CC(=O)NC(C)(C)C)n1. The number of carbonyl (C=O) groups excluding carboxylic acids is 2. The molecular formula is C15H23ClN4O2. The zero-order chi connectivity index (χ0) is 17.1. The van der Waals surface area contributed by atoms with Gasteiger partial charge in [-0.2, -0.15) is 0 Å². The number of hydrogen-bond donors (Lipinski definition) is 1. The lowest BCUT2D eigenvalue weighted by atomic mass is 10.1. The van der Waals surface area contributed by atoms with Crippen LogP contribution in [0.4, 0.5) is 0 Å². The summed E-state index contributed by atoms with van der Waals surface area (Å²) in [7, 11) is 1.54. The molecule has 22 heavy (non-hydrogen) atoms. The molecule has 0 aliphatic heterocycles. The fourth-order valence-electron chi connectivity index (χ4n) is 1.73.